The minimum Gasteiger partial charge on any atom is -0.497 e. The zero-order valence-electron chi connectivity index (χ0n) is 13.9. The van der Waals surface area contributed by atoms with Crippen LogP contribution in [0.5, 0.6) is 5.75 Å². The highest BCUT2D eigenvalue weighted by molar-refractivity contribution is 6.38. The molecule has 1 aliphatic rings. The Morgan fingerprint density at radius 2 is 1.92 bits per heavy atom. The molecule has 0 radical (unpaired) electrons. The smallest absolute Gasteiger partial charge is 0.269 e. The van der Waals surface area contributed by atoms with Crippen LogP contribution in [-0.4, -0.2) is 18.0 Å². The van der Waals surface area contributed by atoms with E-state index in [1.807, 2.05) is 48.5 Å². The van der Waals surface area contributed by atoms with Gasteiger partial charge in [-0.25, -0.2) is 0 Å². The molecule has 1 unspecified atom stereocenters. The van der Waals surface area contributed by atoms with E-state index in [0.29, 0.717) is 16.6 Å². The highest BCUT2D eigenvalue weighted by Crippen LogP contribution is 2.41. The summed E-state index contributed by atoms with van der Waals surface area (Å²) in [5, 5.41) is 4.49. The molecule has 2 aromatic carbocycles. The Balaban J connectivity index is 1.61. The van der Waals surface area contributed by atoms with Crippen LogP contribution in [0.2, 0.25) is 5.02 Å². The predicted molar refractivity (Wildman–Crippen MR) is 99.2 cm³/mol. The van der Waals surface area contributed by atoms with Gasteiger partial charge in [0, 0.05) is 10.9 Å². The largest absolute Gasteiger partial charge is 0.497 e. The first-order chi connectivity index (χ1) is 12.2. The zero-order valence-corrected chi connectivity index (χ0v) is 14.6. The molecule has 128 valence electrons. The number of benzene rings is 2. The summed E-state index contributed by atoms with van der Waals surface area (Å²) in [5.41, 5.74) is 2.37. The Bertz CT molecular complexity index is 913. The molecule has 3 aromatic rings. The number of aromatic amines is 1. The van der Waals surface area contributed by atoms with Crippen LogP contribution in [0.4, 0.5) is 0 Å². The number of methoxy groups -OCH3 is 1. The van der Waals surface area contributed by atoms with Crippen molar-refractivity contribution in [3.05, 3.63) is 64.8 Å². The van der Waals surface area contributed by atoms with Crippen molar-refractivity contribution < 1.29 is 9.53 Å². The topological polar surface area (TPSA) is 54.1 Å². The number of H-pyrrole nitrogens is 1. The number of amides is 1. The first kappa shape index (κ1) is 16.0. The molecule has 0 bridgehead atoms. The van der Waals surface area contributed by atoms with E-state index in [-0.39, 0.29) is 11.9 Å². The number of rotatable bonds is 5. The summed E-state index contributed by atoms with van der Waals surface area (Å²) in [4.78, 5) is 16.0. The second-order valence-corrected chi connectivity index (χ2v) is 6.80. The van der Waals surface area contributed by atoms with E-state index >= 15 is 0 Å². The number of hydrogen-bond acceptors (Lipinski definition) is 2. The van der Waals surface area contributed by atoms with Gasteiger partial charge in [0.1, 0.15) is 11.4 Å². The quantitative estimate of drug-likeness (QED) is 0.697. The fourth-order valence-electron chi connectivity index (χ4n) is 3.19. The lowest BCUT2D eigenvalue weighted by Crippen LogP contribution is -2.30. The highest BCUT2D eigenvalue weighted by Gasteiger charge is 2.34. The summed E-state index contributed by atoms with van der Waals surface area (Å²) in [6.45, 7) is 0. The molecular formula is C20H19ClN2O2. The third-order valence-corrected chi connectivity index (χ3v) is 5.12. The minimum absolute atomic E-state index is 0.0131. The minimum atomic E-state index is -0.172. The molecular weight excluding hydrogens is 336 g/mol. The maximum atomic E-state index is 12.8. The third kappa shape index (κ3) is 3.10. The number of carbonyl (C=O) groups excluding carboxylic acids is 1. The van der Waals surface area contributed by atoms with Gasteiger partial charge < -0.3 is 15.0 Å². The second kappa shape index (κ2) is 6.45. The number of halogens is 1. The zero-order chi connectivity index (χ0) is 17.4. The summed E-state index contributed by atoms with van der Waals surface area (Å²) >= 11 is 6.41. The number of hydrogen-bond donors (Lipinski definition) is 2. The molecule has 1 aromatic heterocycles. The molecule has 0 spiro atoms. The van der Waals surface area contributed by atoms with Gasteiger partial charge in [0.2, 0.25) is 0 Å². The predicted octanol–water partition coefficient (Wildman–Crippen LogP) is 4.71. The van der Waals surface area contributed by atoms with E-state index in [9.17, 15) is 4.79 Å². The monoisotopic (exact) mass is 354 g/mol. The first-order valence-electron chi connectivity index (χ1n) is 8.38. The Morgan fingerprint density at radius 3 is 2.56 bits per heavy atom. The van der Waals surface area contributed by atoms with Crippen molar-refractivity contribution >= 4 is 28.4 Å². The van der Waals surface area contributed by atoms with Crippen molar-refractivity contribution in [1.82, 2.24) is 10.3 Å². The number of para-hydroxylation sites is 1. The molecule has 5 heteroatoms. The third-order valence-electron chi connectivity index (χ3n) is 4.72. The molecule has 1 amide bonds. The molecule has 25 heavy (non-hydrogen) atoms. The lowest BCUT2D eigenvalue weighted by Gasteiger charge is -2.19. The van der Waals surface area contributed by atoms with E-state index in [4.69, 9.17) is 16.3 Å². The lowest BCUT2D eigenvalue weighted by atomic mass is 10.0. The van der Waals surface area contributed by atoms with Gasteiger partial charge in [-0.3, -0.25) is 4.79 Å². The Kier molecular flexibility index (Phi) is 4.14. The van der Waals surface area contributed by atoms with E-state index in [1.165, 1.54) is 0 Å². The van der Waals surface area contributed by atoms with Crippen molar-refractivity contribution in [1.29, 1.82) is 0 Å². The molecule has 1 atom stereocenters. The molecule has 1 saturated carbocycles. The Morgan fingerprint density at radius 1 is 1.20 bits per heavy atom. The standard InChI is InChI=1S/C20H19ClN2O2/c1-25-14-10-8-13(9-11-14)18(12-6-7-12)23-20(24)19-17(21)15-4-2-3-5-16(15)22-19/h2-5,8-12,18,22H,6-7H2,1H3,(H,23,24). The van der Waals surface area contributed by atoms with Crippen LogP contribution in [0.15, 0.2) is 48.5 Å². The summed E-state index contributed by atoms with van der Waals surface area (Å²) in [6, 6.07) is 15.5. The van der Waals surface area contributed by atoms with Crippen LogP contribution in [-0.2, 0) is 0 Å². The maximum absolute atomic E-state index is 12.8. The molecule has 2 N–H and O–H groups in total. The van der Waals surface area contributed by atoms with Crippen molar-refractivity contribution in [2.75, 3.05) is 7.11 Å². The normalized spacial score (nSPS) is 15.1. The van der Waals surface area contributed by atoms with Gasteiger partial charge in [-0.2, -0.15) is 0 Å². The molecule has 0 saturated heterocycles. The molecule has 4 nitrogen and oxygen atoms in total. The summed E-state index contributed by atoms with van der Waals surface area (Å²) < 4.78 is 5.22. The number of nitrogens with one attached hydrogen (secondary N) is 2. The molecule has 1 heterocycles. The molecule has 1 aliphatic carbocycles. The number of aromatic nitrogens is 1. The van der Waals surface area contributed by atoms with Crippen LogP contribution in [0.1, 0.15) is 34.9 Å². The van der Waals surface area contributed by atoms with Crippen molar-refractivity contribution in [3.63, 3.8) is 0 Å². The van der Waals surface area contributed by atoms with Gasteiger partial charge in [0.25, 0.3) is 5.91 Å². The highest BCUT2D eigenvalue weighted by atomic mass is 35.5. The summed E-state index contributed by atoms with van der Waals surface area (Å²) in [7, 11) is 1.65. The van der Waals surface area contributed by atoms with E-state index in [0.717, 1.165) is 35.1 Å². The Labute approximate surface area is 151 Å². The van der Waals surface area contributed by atoms with Gasteiger partial charge in [-0.05, 0) is 42.5 Å². The summed E-state index contributed by atoms with van der Waals surface area (Å²) in [6.07, 6.45) is 2.24. The SMILES string of the molecule is COc1ccc(C(NC(=O)c2[nH]c3ccccc3c2Cl)C2CC2)cc1. The van der Waals surface area contributed by atoms with Gasteiger partial charge >= 0.3 is 0 Å². The fourth-order valence-corrected chi connectivity index (χ4v) is 3.49. The van der Waals surface area contributed by atoms with Crippen LogP contribution in [0.3, 0.4) is 0 Å². The average Bonchev–Trinajstić information content (AvgIpc) is 3.43. The van der Waals surface area contributed by atoms with Crippen LogP contribution in [0.25, 0.3) is 10.9 Å². The van der Waals surface area contributed by atoms with Crippen molar-refractivity contribution in [2.45, 2.75) is 18.9 Å². The van der Waals surface area contributed by atoms with Gasteiger partial charge in [0.05, 0.1) is 18.2 Å². The van der Waals surface area contributed by atoms with E-state index in [1.54, 1.807) is 7.11 Å². The maximum Gasteiger partial charge on any atom is 0.269 e. The van der Waals surface area contributed by atoms with Gasteiger partial charge in [0.15, 0.2) is 0 Å². The van der Waals surface area contributed by atoms with Crippen LogP contribution >= 0.6 is 11.6 Å². The lowest BCUT2D eigenvalue weighted by molar-refractivity contribution is 0.0927. The number of fused-ring (bicyclic) bond motifs is 1. The van der Waals surface area contributed by atoms with E-state index < -0.39 is 0 Å². The molecule has 4 rings (SSSR count). The van der Waals surface area contributed by atoms with Gasteiger partial charge in [-0.1, -0.05) is 41.9 Å². The van der Waals surface area contributed by atoms with Crippen molar-refractivity contribution in [3.8, 4) is 5.75 Å². The fraction of sp³-hybridized carbons (Fsp3) is 0.250. The van der Waals surface area contributed by atoms with E-state index in [2.05, 4.69) is 10.3 Å². The molecule has 1 fully saturated rings. The van der Waals surface area contributed by atoms with Crippen LogP contribution < -0.4 is 10.1 Å². The first-order valence-corrected chi connectivity index (χ1v) is 8.76. The van der Waals surface area contributed by atoms with Crippen molar-refractivity contribution in [2.24, 2.45) is 5.92 Å². The second-order valence-electron chi connectivity index (χ2n) is 6.42. The molecule has 0 aliphatic heterocycles. The number of carbonyl (C=O) groups is 1. The van der Waals surface area contributed by atoms with Gasteiger partial charge in [-0.15, -0.1) is 0 Å². The Hall–Kier alpha value is -2.46. The number of ether oxygens (including phenoxy) is 1. The van der Waals surface area contributed by atoms with Crippen LogP contribution in [0, 0.1) is 5.92 Å². The summed E-state index contributed by atoms with van der Waals surface area (Å²) in [5.74, 6) is 1.11. The average molecular weight is 355 g/mol.